The van der Waals surface area contributed by atoms with E-state index in [1.54, 1.807) is 0 Å². The molecular weight excluding hydrogens is 330 g/mol. The highest BCUT2D eigenvalue weighted by Gasteiger charge is 2.17. The summed E-state index contributed by atoms with van der Waals surface area (Å²) in [4.78, 5) is 17.0. The first-order valence-corrected chi connectivity index (χ1v) is 8.97. The molecule has 1 atom stereocenters. The fourth-order valence-electron chi connectivity index (χ4n) is 2.73. The summed E-state index contributed by atoms with van der Waals surface area (Å²) < 4.78 is 1.99. The second-order valence-corrected chi connectivity index (χ2v) is 7.16. The molecule has 0 aliphatic rings. The van der Waals surface area contributed by atoms with Crippen LogP contribution in [0.1, 0.15) is 6.92 Å². The van der Waals surface area contributed by atoms with Crippen LogP contribution in [0.3, 0.4) is 0 Å². The number of benzene rings is 2. The Balaban J connectivity index is 1.49. The number of rotatable bonds is 4. The van der Waals surface area contributed by atoms with Gasteiger partial charge in [0.05, 0.1) is 17.0 Å². The first-order valence-electron chi connectivity index (χ1n) is 8.09. The van der Waals surface area contributed by atoms with Gasteiger partial charge in [-0.05, 0) is 42.0 Å². The maximum absolute atomic E-state index is 12.5. The van der Waals surface area contributed by atoms with Gasteiger partial charge in [0.25, 0.3) is 0 Å². The first kappa shape index (κ1) is 15.7. The lowest BCUT2D eigenvalue weighted by Crippen LogP contribution is -2.22. The Morgan fingerprint density at radius 1 is 1.08 bits per heavy atom. The largest absolute Gasteiger partial charge is 0.325 e. The van der Waals surface area contributed by atoms with Crippen LogP contribution in [0.25, 0.3) is 16.3 Å². The minimum atomic E-state index is -0.253. The molecule has 4 aromatic rings. The van der Waals surface area contributed by atoms with E-state index in [9.17, 15) is 4.79 Å². The number of hydrogen-bond donors (Lipinski definition) is 1. The van der Waals surface area contributed by atoms with Crippen LogP contribution in [0.4, 0.5) is 5.69 Å². The molecule has 4 nitrogen and oxygen atoms in total. The summed E-state index contributed by atoms with van der Waals surface area (Å²) in [6.45, 7) is 1.89. The van der Waals surface area contributed by atoms with Gasteiger partial charge in [0, 0.05) is 11.9 Å². The molecule has 0 bridgehead atoms. The van der Waals surface area contributed by atoms with E-state index in [0.29, 0.717) is 0 Å². The molecule has 124 valence electrons. The van der Waals surface area contributed by atoms with Crippen LogP contribution >= 0.6 is 11.8 Å². The number of thioether (sulfide) groups is 1. The highest BCUT2D eigenvalue weighted by Crippen LogP contribution is 2.25. The molecule has 1 unspecified atom stereocenters. The molecule has 0 aliphatic heterocycles. The summed E-state index contributed by atoms with van der Waals surface area (Å²) in [6.07, 6.45) is 3.77. The van der Waals surface area contributed by atoms with E-state index < -0.39 is 0 Å². The van der Waals surface area contributed by atoms with Gasteiger partial charge in [0.15, 0.2) is 5.16 Å². The Kier molecular flexibility index (Phi) is 4.15. The molecule has 4 rings (SSSR count). The smallest absolute Gasteiger partial charge is 0.237 e. The third-order valence-corrected chi connectivity index (χ3v) is 5.15. The van der Waals surface area contributed by atoms with E-state index in [1.165, 1.54) is 11.8 Å². The Morgan fingerprint density at radius 3 is 2.76 bits per heavy atom. The predicted octanol–water partition coefficient (Wildman–Crippen LogP) is 4.61. The second-order valence-electron chi connectivity index (χ2n) is 5.85. The van der Waals surface area contributed by atoms with Gasteiger partial charge in [-0.3, -0.25) is 9.20 Å². The van der Waals surface area contributed by atoms with Crippen molar-refractivity contribution in [2.75, 3.05) is 5.32 Å². The third-order valence-electron chi connectivity index (χ3n) is 4.07. The molecule has 5 heteroatoms. The molecule has 0 fully saturated rings. The van der Waals surface area contributed by atoms with Crippen molar-refractivity contribution < 1.29 is 4.79 Å². The maximum atomic E-state index is 12.5. The van der Waals surface area contributed by atoms with Crippen molar-refractivity contribution in [2.24, 2.45) is 0 Å². The molecule has 1 N–H and O–H groups in total. The fraction of sp³-hybridized carbons (Fsp3) is 0.100. The first-order chi connectivity index (χ1) is 12.2. The zero-order chi connectivity index (χ0) is 17.2. The zero-order valence-electron chi connectivity index (χ0n) is 13.7. The molecule has 0 saturated heterocycles. The molecule has 0 saturated carbocycles. The normalized spacial score (nSPS) is 12.4. The average Bonchev–Trinajstić information content (AvgIpc) is 3.04. The van der Waals surface area contributed by atoms with Crippen molar-refractivity contribution in [1.82, 2.24) is 9.38 Å². The maximum Gasteiger partial charge on any atom is 0.237 e. The highest BCUT2D eigenvalue weighted by atomic mass is 32.2. The zero-order valence-corrected chi connectivity index (χ0v) is 14.5. The SMILES string of the molecule is CC(Sc1ncc2ccccn12)C(=O)Nc1ccc2ccccc2c1. The van der Waals surface area contributed by atoms with Gasteiger partial charge < -0.3 is 5.32 Å². The molecule has 1 amide bonds. The minimum absolute atomic E-state index is 0.0343. The van der Waals surface area contributed by atoms with E-state index >= 15 is 0 Å². The Morgan fingerprint density at radius 2 is 1.88 bits per heavy atom. The quantitative estimate of drug-likeness (QED) is 0.549. The Hall–Kier alpha value is -2.79. The van der Waals surface area contributed by atoms with Crippen molar-refractivity contribution in [1.29, 1.82) is 0 Å². The number of imidazole rings is 1. The van der Waals surface area contributed by atoms with Gasteiger partial charge in [-0.25, -0.2) is 4.98 Å². The van der Waals surface area contributed by atoms with Crippen molar-refractivity contribution in [3.05, 3.63) is 73.1 Å². The van der Waals surface area contributed by atoms with Gasteiger partial charge >= 0.3 is 0 Å². The van der Waals surface area contributed by atoms with Crippen LogP contribution in [-0.2, 0) is 4.79 Å². The molecule has 0 aliphatic carbocycles. The average molecular weight is 347 g/mol. The molecular formula is C20H17N3OS. The Bertz CT molecular complexity index is 1060. The molecule has 0 radical (unpaired) electrons. The van der Waals surface area contributed by atoms with Crippen molar-refractivity contribution in [2.45, 2.75) is 17.3 Å². The standard InChI is InChI=1S/C20H17N3OS/c1-14(25-20-21-13-18-8-4-5-11-23(18)20)19(24)22-17-10-9-15-6-2-3-7-16(15)12-17/h2-14H,1H3,(H,22,24). The number of fused-ring (bicyclic) bond motifs is 2. The Labute approximate surface area is 149 Å². The number of hydrogen-bond acceptors (Lipinski definition) is 3. The van der Waals surface area contributed by atoms with Gasteiger partial charge in [-0.2, -0.15) is 0 Å². The van der Waals surface area contributed by atoms with E-state index in [1.807, 2.05) is 78.3 Å². The number of amides is 1. The molecule has 0 spiro atoms. The summed E-state index contributed by atoms with van der Waals surface area (Å²) in [5.41, 5.74) is 1.83. The number of nitrogens with zero attached hydrogens (tertiary/aromatic N) is 2. The van der Waals surface area contributed by atoms with E-state index in [-0.39, 0.29) is 11.2 Å². The third kappa shape index (κ3) is 3.23. The van der Waals surface area contributed by atoms with Crippen LogP contribution in [0.5, 0.6) is 0 Å². The van der Waals surface area contributed by atoms with Crippen LogP contribution in [0.2, 0.25) is 0 Å². The lowest BCUT2D eigenvalue weighted by Gasteiger charge is -2.12. The van der Waals surface area contributed by atoms with Gasteiger partial charge in [-0.15, -0.1) is 0 Å². The topological polar surface area (TPSA) is 46.4 Å². The van der Waals surface area contributed by atoms with Crippen molar-refractivity contribution >= 4 is 39.6 Å². The lowest BCUT2D eigenvalue weighted by atomic mass is 10.1. The van der Waals surface area contributed by atoms with Crippen molar-refractivity contribution in [3.8, 4) is 0 Å². The molecule has 2 aromatic heterocycles. The molecule has 2 heterocycles. The van der Waals surface area contributed by atoms with Crippen LogP contribution in [-0.4, -0.2) is 20.5 Å². The summed E-state index contributed by atoms with van der Waals surface area (Å²) in [5.74, 6) is -0.0343. The number of anilines is 1. The summed E-state index contributed by atoms with van der Waals surface area (Å²) in [7, 11) is 0. The highest BCUT2D eigenvalue weighted by molar-refractivity contribution is 8.00. The fourth-order valence-corrected chi connectivity index (χ4v) is 3.60. The number of pyridine rings is 1. The van der Waals surface area contributed by atoms with Gasteiger partial charge in [0.2, 0.25) is 5.91 Å². The van der Waals surface area contributed by atoms with Crippen molar-refractivity contribution in [3.63, 3.8) is 0 Å². The number of aromatic nitrogens is 2. The number of carbonyl (C=O) groups excluding carboxylic acids is 1. The van der Waals surface area contributed by atoms with E-state index in [4.69, 9.17) is 0 Å². The summed E-state index contributed by atoms with van der Waals surface area (Å²) in [5, 5.41) is 5.83. The summed E-state index contributed by atoms with van der Waals surface area (Å²) >= 11 is 1.45. The van der Waals surface area contributed by atoms with Gasteiger partial charge in [-0.1, -0.05) is 48.2 Å². The number of nitrogens with one attached hydrogen (secondary N) is 1. The predicted molar refractivity (Wildman–Crippen MR) is 103 cm³/mol. The second kappa shape index (κ2) is 6.61. The molecule has 25 heavy (non-hydrogen) atoms. The van der Waals surface area contributed by atoms with Gasteiger partial charge in [0.1, 0.15) is 0 Å². The van der Waals surface area contributed by atoms with E-state index in [0.717, 1.165) is 27.1 Å². The van der Waals surface area contributed by atoms with E-state index in [2.05, 4.69) is 16.4 Å². The lowest BCUT2D eigenvalue weighted by molar-refractivity contribution is -0.115. The molecule has 2 aromatic carbocycles. The van der Waals surface area contributed by atoms with Crippen LogP contribution in [0.15, 0.2) is 78.2 Å². The number of carbonyl (C=O) groups is 1. The minimum Gasteiger partial charge on any atom is -0.325 e. The van der Waals surface area contributed by atoms with Crippen LogP contribution in [0, 0.1) is 0 Å². The van der Waals surface area contributed by atoms with Crippen LogP contribution < -0.4 is 5.32 Å². The summed E-state index contributed by atoms with van der Waals surface area (Å²) in [6, 6.07) is 20.0. The monoisotopic (exact) mass is 347 g/mol.